The SMILES string of the molecule is CCCCCC/C=C\CCCCCCC(C(N)=O)C(CO)CCC. The summed E-state index contributed by atoms with van der Waals surface area (Å²) in [6, 6.07) is 0. The number of hydrogen-bond acceptors (Lipinski definition) is 2. The molecule has 2 atom stereocenters. The van der Waals surface area contributed by atoms with E-state index in [1.807, 2.05) is 0 Å². The van der Waals surface area contributed by atoms with Gasteiger partial charge in [0.15, 0.2) is 0 Å². The minimum Gasteiger partial charge on any atom is -0.396 e. The summed E-state index contributed by atoms with van der Waals surface area (Å²) in [5.41, 5.74) is 5.52. The lowest BCUT2D eigenvalue weighted by Crippen LogP contribution is -2.32. The maximum atomic E-state index is 11.6. The minimum atomic E-state index is -0.242. The van der Waals surface area contributed by atoms with Gasteiger partial charge in [-0.15, -0.1) is 0 Å². The van der Waals surface area contributed by atoms with Crippen molar-refractivity contribution in [3.05, 3.63) is 12.2 Å². The normalized spacial score (nSPS) is 14.1. The van der Waals surface area contributed by atoms with Crippen molar-refractivity contribution >= 4 is 5.91 Å². The molecule has 0 saturated heterocycles. The molecule has 3 heteroatoms. The van der Waals surface area contributed by atoms with Crippen molar-refractivity contribution in [2.45, 2.75) is 97.3 Å². The molecule has 3 N–H and O–H groups in total. The predicted octanol–water partition coefficient (Wildman–Crippen LogP) is 5.36. The van der Waals surface area contributed by atoms with Gasteiger partial charge < -0.3 is 10.8 Å². The molecule has 0 bridgehead atoms. The van der Waals surface area contributed by atoms with Crippen LogP contribution >= 0.6 is 0 Å². The van der Waals surface area contributed by atoms with Crippen molar-refractivity contribution in [1.29, 1.82) is 0 Å². The average Bonchev–Trinajstić information content (AvgIpc) is 2.57. The number of rotatable bonds is 17. The van der Waals surface area contributed by atoms with Crippen LogP contribution in [0.1, 0.15) is 97.3 Å². The average molecular weight is 340 g/mol. The summed E-state index contributed by atoms with van der Waals surface area (Å²) < 4.78 is 0. The monoisotopic (exact) mass is 339 g/mol. The second kappa shape index (κ2) is 17.0. The minimum absolute atomic E-state index is 0.0446. The highest BCUT2D eigenvalue weighted by atomic mass is 16.3. The van der Waals surface area contributed by atoms with E-state index in [-0.39, 0.29) is 24.3 Å². The second-order valence-corrected chi connectivity index (χ2v) is 7.05. The van der Waals surface area contributed by atoms with Crippen LogP contribution < -0.4 is 5.73 Å². The molecule has 0 rings (SSSR count). The summed E-state index contributed by atoms with van der Waals surface area (Å²) in [7, 11) is 0. The molecule has 0 heterocycles. The van der Waals surface area contributed by atoms with Crippen LogP contribution in [0.2, 0.25) is 0 Å². The first-order valence-corrected chi connectivity index (χ1v) is 10.2. The summed E-state index contributed by atoms with van der Waals surface area (Å²) in [6.45, 7) is 4.40. The second-order valence-electron chi connectivity index (χ2n) is 7.05. The van der Waals surface area contributed by atoms with Crippen LogP contribution in [0.4, 0.5) is 0 Å². The van der Waals surface area contributed by atoms with E-state index in [0.717, 1.165) is 32.1 Å². The molecule has 1 amide bonds. The lowest BCUT2D eigenvalue weighted by atomic mass is 9.84. The molecule has 0 aromatic heterocycles. The van der Waals surface area contributed by atoms with Crippen LogP contribution in [0.5, 0.6) is 0 Å². The van der Waals surface area contributed by atoms with E-state index >= 15 is 0 Å². The lowest BCUT2D eigenvalue weighted by molar-refractivity contribution is -0.124. The molecule has 0 radical (unpaired) electrons. The largest absolute Gasteiger partial charge is 0.396 e. The number of aliphatic hydroxyl groups excluding tert-OH is 1. The Morgan fingerprint density at radius 3 is 1.96 bits per heavy atom. The van der Waals surface area contributed by atoms with E-state index in [1.165, 1.54) is 51.4 Å². The van der Waals surface area contributed by atoms with Gasteiger partial charge in [0.2, 0.25) is 5.91 Å². The number of nitrogens with two attached hydrogens (primary N) is 1. The number of aliphatic hydroxyl groups is 1. The Bertz CT molecular complexity index is 315. The van der Waals surface area contributed by atoms with E-state index < -0.39 is 0 Å². The van der Waals surface area contributed by atoms with Crippen molar-refractivity contribution in [3.63, 3.8) is 0 Å². The van der Waals surface area contributed by atoms with E-state index in [4.69, 9.17) is 5.73 Å². The van der Waals surface area contributed by atoms with Crippen molar-refractivity contribution < 1.29 is 9.90 Å². The molecule has 0 aliphatic rings. The van der Waals surface area contributed by atoms with Gasteiger partial charge in [0.05, 0.1) is 0 Å². The first-order valence-electron chi connectivity index (χ1n) is 10.2. The molecule has 0 saturated carbocycles. The van der Waals surface area contributed by atoms with Gasteiger partial charge in [-0.25, -0.2) is 0 Å². The van der Waals surface area contributed by atoms with E-state index in [2.05, 4.69) is 26.0 Å². The van der Waals surface area contributed by atoms with Gasteiger partial charge in [0, 0.05) is 12.5 Å². The summed E-state index contributed by atoms with van der Waals surface area (Å²) in [4.78, 5) is 11.6. The third-order valence-corrected chi connectivity index (χ3v) is 4.86. The summed E-state index contributed by atoms with van der Waals surface area (Å²) in [6.07, 6.45) is 19.7. The smallest absolute Gasteiger partial charge is 0.220 e. The maximum absolute atomic E-state index is 11.6. The zero-order valence-electron chi connectivity index (χ0n) is 16.1. The Morgan fingerprint density at radius 1 is 0.875 bits per heavy atom. The third-order valence-electron chi connectivity index (χ3n) is 4.86. The van der Waals surface area contributed by atoms with Crippen LogP contribution in [0.3, 0.4) is 0 Å². The van der Waals surface area contributed by atoms with Gasteiger partial charge >= 0.3 is 0 Å². The van der Waals surface area contributed by atoms with Crippen LogP contribution in [0.25, 0.3) is 0 Å². The van der Waals surface area contributed by atoms with Gasteiger partial charge in [-0.05, 0) is 44.4 Å². The third kappa shape index (κ3) is 12.6. The Hall–Kier alpha value is -0.830. The Kier molecular flexibility index (Phi) is 16.4. The number of hydrogen-bond donors (Lipinski definition) is 2. The molecule has 0 aliphatic carbocycles. The molecular weight excluding hydrogens is 298 g/mol. The van der Waals surface area contributed by atoms with Crippen molar-refractivity contribution in [3.8, 4) is 0 Å². The predicted molar refractivity (Wildman–Crippen MR) is 104 cm³/mol. The maximum Gasteiger partial charge on any atom is 0.220 e. The highest BCUT2D eigenvalue weighted by Crippen LogP contribution is 2.23. The molecule has 0 aliphatic heterocycles. The number of amides is 1. The van der Waals surface area contributed by atoms with Gasteiger partial charge in [-0.3, -0.25) is 4.79 Å². The standard InChI is InChI=1S/C21H41NO2/c1-3-5-6-7-8-9-10-11-12-13-14-15-17-20(21(22)24)19(18-23)16-4-2/h9-10,19-20,23H,3-8,11-18H2,1-2H3,(H2,22,24)/b10-9-. The molecule has 2 unspecified atom stereocenters. The van der Waals surface area contributed by atoms with Crippen LogP contribution in [0.15, 0.2) is 12.2 Å². The Balaban J connectivity index is 3.68. The van der Waals surface area contributed by atoms with Crippen LogP contribution in [0, 0.1) is 11.8 Å². The van der Waals surface area contributed by atoms with E-state index in [9.17, 15) is 9.90 Å². The van der Waals surface area contributed by atoms with E-state index in [0.29, 0.717) is 0 Å². The topological polar surface area (TPSA) is 63.3 Å². The van der Waals surface area contributed by atoms with Gasteiger partial charge in [-0.1, -0.05) is 70.9 Å². The van der Waals surface area contributed by atoms with Crippen molar-refractivity contribution in [2.24, 2.45) is 17.6 Å². The highest BCUT2D eigenvalue weighted by molar-refractivity contribution is 5.76. The number of allylic oxidation sites excluding steroid dienone is 2. The van der Waals surface area contributed by atoms with Crippen molar-refractivity contribution in [2.75, 3.05) is 6.61 Å². The van der Waals surface area contributed by atoms with Crippen LogP contribution in [-0.2, 0) is 4.79 Å². The zero-order valence-corrected chi connectivity index (χ0v) is 16.1. The quantitative estimate of drug-likeness (QED) is 0.277. The summed E-state index contributed by atoms with van der Waals surface area (Å²) in [5, 5.41) is 9.45. The molecule has 0 aromatic rings. The van der Waals surface area contributed by atoms with E-state index in [1.54, 1.807) is 0 Å². The van der Waals surface area contributed by atoms with Crippen molar-refractivity contribution in [1.82, 2.24) is 0 Å². The van der Waals surface area contributed by atoms with Gasteiger partial charge in [-0.2, -0.15) is 0 Å². The van der Waals surface area contributed by atoms with Gasteiger partial charge in [0.1, 0.15) is 0 Å². The number of primary amides is 1. The molecule has 0 fully saturated rings. The van der Waals surface area contributed by atoms with Crippen LogP contribution in [-0.4, -0.2) is 17.6 Å². The summed E-state index contributed by atoms with van der Waals surface area (Å²) in [5.74, 6) is -0.352. The first-order chi connectivity index (χ1) is 11.7. The Morgan fingerprint density at radius 2 is 1.46 bits per heavy atom. The fraction of sp³-hybridized carbons (Fsp3) is 0.857. The zero-order chi connectivity index (χ0) is 18.0. The molecule has 3 nitrogen and oxygen atoms in total. The summed E-state index contributed by atoms with van der Waals surface area (Å²) >= 11 is 0. The molecule has 0 spiro atoms. The fourth-order valence-corrected chi connectivity index (χ4v) is 3.31. The Labute approximate surface area is 150 Å². The van der Waals surface area contributed by atoms with Gasteiger partial charge in [0.25, 0.3) is 0 Å². The highest BCUT2D eigenvalue weighted by Gasteiger charge is 2.24. The lowest BCUT2D eigenvalue weighted by Gasteiger charge is -2.22. The number of carbonyl (C=O) groups excluding carboxylic acids is 1. The molecule has 142 valence electrons. The molecular formula is C21H41NO2. The fourth-order valence-electron chi connectivity index (χ4n) is 3.31. The number of carbonyl (C=O) groups is 1. The molecule has 24 heavy (non-hydrogen) atoms. The number of unbranched alkanes of at least 4 members (excludes halogenated alkanes) is 8. The first kappa shape index (κ1) is 23.2. The molecule has 0 aromatic carbocycles.